The number of aromatic nitrogens is 2. The molecule has 3 amide bonds. The Bertz CT molecular complexity index is 1040. The number of piperidine rings is 1. The van der Waals surface area contributed by atoms with Crippen LogP contribution in [0.1, 0.15) is 38.2 Å². The highest BCUT2D eigenvalue weighted by atomic mass is 16.5. The van der Waals surface area contributed by atoms with Crippen molar-refractivity contribution < 1.29 is 23.9 Å². The number of benzene rings is 1. The quantitative estimate of drug-likeness (QED) is 0.434. The predicted octanol–water partition coefficient (Wildman–Crippen LogP) is 1.77. The number of imidazole rings is 1. The molecule has 3 heterocycles. The Kier molecular flexibility index (Phi) is 7.09. The van der Waals surface area contributed by atoms with Crippen LogP contribution < -0.4 is 0 Å². The van der Waals surface area contributed by atoms with Gasteiger partial charge < -0.3 is 14.2 Å². The fourth-order valence-electron chi connectivity index (χ4n) is 4.91. The minimum atomic E-state index is -1.25. The number of carbonyl (C=O) groups excluding carboxylic acids is 4. The first kappa shape index (κ1) is 23.7. The maximum Gasteiger partial charge on any atom is 0.310 e. The maximum absolute atomic E-state index is 13.7. The fourth-order valence-corrected chi connectivity index (χ4v) is 4.91. The van der Waals surface area contributed by atoms with E-state index in [0.29, 0.717) is 38.1 Å². The van der Waals surface area contributed by atoms with E-state index < -0.39 is 5.41 Å². The SMILES string of the molecule is CCOC(=O)[C@@H]1CCCN(C(=O)C[C@]2(c3ccccc3)CC(=O)N(CCn3ccnc3)C2=O)C1. The van der Waals surface area contributed by atoms with Gasteiger partial charge in [-0.3, -0.25) is 24.1 Å². The van der Waals surface area contributed by atoms with Crippen molar-refractivity contribution in [1.29, 1.82) is 0 Å². The van der Waals surface area contributed by atoms with Crippen LogP contribution in [0.25, 0.3) is 0 Å². The van der Waals surface area contributed by atoms with E-state index in [1.165, 1.54) is 4.90 Å². The predicted molar refractivity (Wildman–Crippen MR) is 122 cm³/mol. The Hall–Kier alpha value is -3.49. The van der Waals surface area contributed by atoms with Gasteiger partial charge in [0, 0.05) is 51.4 Å². The van der Waals surface area contributed by atoms with E-state index in [9.17, 15) is 19.2 Å². The molecule has 9 nitrogen and oxygen atoms in total. The summed E-state index contributed by atoms with van der Waals surface area (Å²) in [5, 5.41) is 0. The molecule has 2 atom stereocenters. The van der Waals surface area contributed by atoms with Gasteiger partial charge in [-0.1, -0.05) is 30.3 Å². The molecule has 4 rings (SSSR count). The lowest BCUT2D eigenvalue weighted by molar-refractivity contribution is -0.152. The van der Waals surface area contributed by atoms with Gasteiger partial charge in [-0.2, -0.15) is 0 Å². The van der Waals surface area contributed by atoms with E-state index >= 15 is 0 Å². The van der Waals surface area contributed by atoms with E-state index in [1.807, 2.05) is 18.2 Å². The molecule has 2 aliphatic rings. The van der Waals surface area contributed by atoms with Gasteiger partial charge in [0.2, 0.25) is 17.7 Å². The molecule has 1 aromatic heterocycles. The summed E-state index contributed by atoms with van der Waals surface area (Å²) in [5.41, 5.74) is -0.591. The molecule has 34 heavy (non-hydrogen) atoms. The summed E-state index contributed by atoms with van der Waals surface area (Å²) in [6, 6.07) is 9.06. The highest BCUT2D eigenvalue weighted by Gasteiger charge is 2.54. The first-order valence-corrected chi connectivity index (χ1v) is 11.7. The third-order valence-corrected chi connectivity index (χ3v) is 6.72. The third kappa shape index (κ3) is 4.73. The Morgan fingerprint density at radius 2 is 1.97 bits per heavy atom. The highest BCUT2D eigenvalue weighted by Crippen LogP contribution is 2.40. The lowest BCUT2D eigenvalue weighted by Gasteiger charge is -2.34. The molecule has 2 fully saturated rings. The monoisotopic (exact) mass is 466 g/mol. The van der Waals surface area contributed by atoms with Gasteiger partial charge in [0.15, 0.2) is 0 Å². The molecular formula is C25H30N4O5. The number of esters is 1. The normalized spacial score (nSPS) is 22.8. The Morgan fingerprint density at radius 3 is 2.68 bits per heavy atom. The Balaban J connectivity index is 1.55. The summed E-state index contributed by atoms with van der Waals surface area (Å²) in [7, 11) is 0. The van der Waals surface area contributed by atoms with Crippen LogP contribution in [0, 0.1) is 5.92 Å². The van der Waals surface area contributed by atoms with Crippen LogP contribution in [0.2, 0.25) is 0 Å². The molecule has 9 heteroatoms. The van der Waals surface area contributed by atoms with Crippen LogP contribution in [-0.2, 0) is 35.9 Å². The Labute approximate surface area is 198 Å². The largest absolute Gasteiger partial charge is 0.466 e. The summed E-state index contributed by atoms with van der Waals surface area (Å²) < 4.78 is 6.95. The van der Waals surface area contributed by atoms with Crippen LogP contribution in [-0.4, -0.2) is 69.3 Å². The molecular weight excluding hydrogens is 436 g/mol. The van der Waals surface area contributed by atoms with E-state index in [0.717, 1.165) is 0 Å². The molecule has 0 bridgehead atoms. The molecule has 0 N–H and O–H groups in total. The Morgan fingerprint density at radius 1 is 1.18 bits per heavy atom. The lowest BCUT2D eigenvalue weighted by atomic mass is 9.75. The second-order valence-electron chi connectivity index (χ2n) is 8.88. The lowest BCUT2D eigenvalue weighted by Crippen LogP contribution is -2.47. The van der Waals surface area contributed by atoms with E-state index in [1.54, 1.807) is 47.2 Å². The fraction of sp³-hybridized carbons (Fsp3) is 0.480. The molecule has 0 radical (unpaired) electrons. The topological polar surface area (TPSA) is 102 Å². The number of nitrogens with zero attached hydrogens (tertiary/aromatic N) is 4. The second-order valence-corrected chi connectivity index (χ2v) is 8.88. The average molecular weight is 467 g/mol. The molecule has 2 saturated heterocycles. The number of amides is 3. The molecule has 180 valence electrons. The standard InChI is InChI=1S/C25H30N4O5/c1-2-34-23(32)19-7-6-11-28(17-19)21(30)15-25(20-8-4-3-5-9-20)16-22(31)29(24(25)33)14-13-27-12-10-26-18-27/h3-5,8-10,12,18-19H,2,6-7,11,13-17H2,1H3/t19-,25-/m1/s1. The van der Waals surface area contributed by atoms with Gasteiger partial charge in [0.25, 0.3) is 0 Å². The number of imide groups is 1. The second kappa shape index (κ2) is 10.2. The first-order chi connectivity index (χ1) is 16.4. The van der Waals surface area contributed by atoms with E-state index in [2.05, 4.69) is 4.98 Å². The number of rotatable bonds is 8. The van der Waals surface area contributed by atoms with Crippen LogP contribution in [0.15, 0.2) is 49.1 Å². The zero-order valence-electron chi connectivity index (χ0n) is 19.4. The van der Waals surface area contributed by atoms with Crippen LogP contribution >= 0.6 is 0 Å². The molecule has 0 aliphatic carbocycles. The molecule has 0 spiro atoms. The minimum Gasteiger partial charge on any atom is -0.466 e. The van der Waals surface area contributed by atoms with Gasteiger partial charge in [-0.15, -0.1) is 0 Å². The molecule has 1 aromatic carbocycles. The number of ether oxygens (including phenoxy) is 1. The molecule has 2 aromatic rings. The molecule has 2 aliphatic heterocycles. The van der Waals surface area contributed by atoms with Crippen molar-refractivity contribution in [3.63, 3.8) is 0 Å². The van der Waals surface area contributed by atoms with Crippen molar-refractivity contribution >= 4 is 23.7 Å². The van der Waals surface area contributed by atoms with E-state index in [4.69, 9.17) is 4.74 Å². The minimum absolute atomic E-state index is 0.0549. The zero-order chi connectivity index (χ0) is 24.1. The number of hydrogen-bond donors (Lipinski definition) is 0. The third-order valence-electron chi connectivity index (χ3n) is 6.72. The van der Waals surface area contributed by atoms with Crippen LogP contribution in [0.5, 0.6) is 0 Å². The van der Waals surface area contributed by atoms with Crippen molar-refractivity contribution in [2.75, 3.05) is 26.2 Å². The first-order valence-electron chi connectivity index (χ1n) is 11.7. The van der Waals surface area contributed by atoms with Gasteiger partial charge >= 0.3 is 5.97 Å². The van der Waals surface area contributed by atoms with Gasteiger partial charge in [0.1, 0.15) is 0 Å². The zero-order valence-corrected chi connectivity index (χ0v) is 19.4. The molecule has 0 saturated carbocycles. The maximum atomic E-state index is 13.7. The van der Waals surface area contributed by atoms with Gasteiger partial charge in [0.05, 0.1) is 24.3 Å². The van der Waals surface area contributed by atoms with Crippen LogP contribution in [0.4, 0.5) is 0 Å². The summed E-state index contributed by atoms with van der Waals surface area (Å²) >= 11 is 0. The van der Waals surface area contributed by atoms with Crippen molar-refractivity contribution in [1.82, 2.24) is 19.4 Å². The number of hydrogen-bond acceptors (Lipinski definition) is 6. The molecule has 0 unspecified atom stereocenters. The summed E-state index contributed by atoms with van der Waals surface area (Å²) in [5.74, 6) is -1.52. The van der Waals surface area contributed by atoms with Crippen molar-refractivity contribution in [2.45, 2.75) is 44.6 Å². The van der Waals surface area contributed by atoms with Crippen molar-refractivity contribution in [3.05, 3.63) is 54.6 Å². The van der Waals surface area contributed by atoms with Crippen molar-refractivity contribution in [2.24, 2.45) is 5.92 Å². The van der Waals surface area contributed by atoms with Gasteiger partial charge in [-0.25, -0.2) is 4.98 Å². The van der Waals surface area contributed by atoms with Crippen molar-refractivity contribution in [3.8, 4) is 0 Å². The summed E-state index contributed by atoms with van der Waals surface area (Å²) in [6.07, 6.45) is 6.25. The average Bonchev–Trinajstić information content (AvgIpc) is 3.45. The summed E-state index contributed by atoms with van der Waals surface area (Å²) in [6.45, 7) is 3.50. The number of carbonyl (C=O) groups is 4. The highest BCUT2D eigenvalue weighted by molar-refractivity contribution is 6.10. The van der Waals surface area contributed by atoms with Gasteiger partial charge in [-0.05, 0) is 25.3 Å². The number of likely N-dealkylation sites (tertiary alicyclic amines) is 2. The van der Waals surface area contributed by atoms with Crippen LogP contribution in [0.3, 0.4) is 0 Å². The summed E-state index contributed by atoms with van der Waals surface area (Å²) in [4.78, 5) is 59.3. The van der Waals surface area contributed by atoms with E-state index in [-0.39, 0.29) is 55.5 Å². The smallest absolute Gasteiger partial charge is 0.310 e.